The Balaban J connectivity index is 2.11. The topological polar surface area (TPSA) is 102 Å². The number of benzene rings is 1. The highest BCUT2D eigenvalue weighted by Gasteiger charge is 2.38. The first-order valence-corrected chi connectivity index (χ1v) is 13.6. The summed E-state index contributed by atoms with van der Waals surface area (Å²) in [4.78, 5) is 42.4. The van der Waals surface area contributed by atoms with Gasteiger partial charge in [0.1, 0.15) is 12.1 Å². The number of carbonyl (C=O) groups excluding carboxylic acids is 3. The fourth-order valence-corrected chi connectivity index (χ4v) is 6.34. The van der Waals surface area contributed by atoms with E-state index in [1.807, 2.05) is 44.2 Å². The molecule has 0 saturated carbocycles. The molecule has 1 fully saturated rings. The molecule has 3 amide bonds. The second-order valence-electron chi connectivity index (χ2n) is 8.59. The maximum Gasteiger partial charge on any atom is 0.246 e. The Morgan fingerprint density at radius 2 is 1.85 bits per heavy atom. The monoisotopic (exact) mass is 496 g/mol. The first kappa shape index (κ1) is 27.5. The van der Waals surface area contributed by atoms with Crippen molar-refractivity contribution in [1.29, 1.82) is 0 Å². The highest BCUT2D eigenvalue weighted by molar-refractivity contribution is 8.76. The normalized spacial score (nSPS) is 21.2. The average molecular weight is 497 g/mol. The maximum absolute atomic E-state index is 13.3. The number of nitrogens with zero attached hydrogens (tertiary/aromatic N) is 2. The molecule has 1 aliphatic heterocycles. The Morgan fingerprint density at radius 3 is 2.42 bits per heavy atom. The summed E-state index contributed by atoms with van der Waals surface area (Å²) in [7, 11) is 7.99. The van der Waals surface area contributed by atoms with Crippen molar-refractivity contribution < 1.29 is 19.5 Å². The molecule has 2 rings (SSSR count). The first-order chi connectivity index (χ1) is 15.7. The first-order valence-electron chi connectivity index (χ1n) is 11.1. The van der Waals surface area contributed by atoms with Crippen LogP contribution in [0, 0.1) is 5.92 Å². The van der Waals surface area contributed by atoms with Crippen molar-refractivity contribution in [3.05, 3.63) is 35.9 Å². The fraction of sp³-hybridized carbons (Fsp3) is 0.609. The van der Waals surface area contributed by atoms with Crippen molar-refractivity contribution in [3.63, 3.8) is 0 Å². The largest absolute Gasteiger partial charge is 0.394 e. The third-order valence-electron chi connectivity index (χ3n) is 5.89. The quantitative estimate of drug-likeness (QED) is 0.439. The van der Waals surface area contributed by atoms with E-state index < -0.39 is 24.2 Å². The average Bonchev–Trinajstić information content (AvgIpc) is 2.79. The summed E-state index contributed by atoms with van der Waals surface area (Å²) in [5, 5.41) is 15.7. The molecule has 1 heterocycles. The van der Waals surface area contributed by atoms with E-state index in [9.17, 15) is 19.5 Å². The van der Waals surface area contributed by atoms with E-state index in [4.69, 9.17) is 0 Å². The molecule has 1 saturated heterocycles. The lowest BCUT2D eigenvalue weighted by molar-refractivity contribution is -0.147. The summed E-state index contributed by atoms with van der Waals surface area (Å²) < 4.78 is 0. The van der Waals surface area contributed by atoms with Crippen LogP contribution in [0.2, 0.25) is 0 Å². The van der Waals surface area contributed by atoms with E-state index in [0.717, 1.165) is 5.56 Å². The van der Waals surface area contributed by atoms with Gasteiger partial charge in [0.15, 0.2) is 0 Å². The van der Waals surface area contributed by atoms with Crippen LogP contribution >= 0.6 is 21.6 Å². The molecule has 0 spiro atoms. The highest BCUT2D eigenvalue weighted by Crippen LogP contribution is 2.29. The molecule has 0 radical (unpaired) electrons. The standard InChI is InChI=1S/C23H36N4O4S2/c1-15(2)20(24-3)23(31)27(5)19-14-33-32-13-18(26(4)22(19)30)21(29)25-17(12-28)11-16-9-7-6-8-10-16/h6-10,15,17-20,24,28H,11-14H2,1-5H3,(H,25,29)/t17-,18+,19+,20-/m0/s1. The smallest absolute Gasteiger partial charge is 0.246 e. The lowest BCUT2D eigenvalue weighted by Gasteiger charge is -2.37. The summed E-state index contributed by atoms with van der Waals surface area (Å²) >= 11 is 0. The minimum absolute atomic E-state index is 0.0759. The Labute approximate surface area is 204 Å². The molecule has 184 valence electrons. The van der Waals surface area contributed by atoms with Crippen LogP contribution in [-0.4, -0.2) is 96.1 Å². The lowest BCUT2D eigenvalue weighted by Crippen LogP contribution is -2.60. The van der Waals surface area contributed by atoms with Crippen molar-refractivity contribution in [2.24, 2.45) is 5.92 Å². The molecule has 4 atom stereocenters. The number of aliphatic hydroxyl groups excluding tert-OH is 1. The Kier molecular flexibility index (Phi) is 11.0. The molecule has 3 N–H and O–H groups in total. The van der Waals surface area contributed by atoms with Crippen LogP contribution < -0.4 is 10.6 Å². The van der Waals surface area contributed by atoms with Crippen molar-refractivity contribution >= 4 is 39.3 Å². The zero-order valence-electron chi connectivity index (χ0n) is 20.0. The van der Waals surface area contributed by atoms with Gasteiger partial charge in [-0.3, -0.25) is 14.4 Å². The Bertz CT molecular complexity index is 796. The number of carbonyl (C=O) groups is 3. The number of aliphatic hydroxyl groups is 1. The molecule has 0 aliphatic carbocycles. The zero-order valence-corrected chi connectivity index (χ0v) is 21.6. The predicted molar refractivity (Wildman–Crippen MR) is 135 cm³/mol. The number of rotatable bonds is 9. The third kappa shape index (κ3) is 7.37. The van der Waals surface area contributed by atoms with Crippen LogP contribution in [0.15, 0.2) is 30.3 Å². The van der Waals surface area contributed by atoms with Gasteiger partial charge >= 0.3 is 0 Å². The number of hydrogen-bond acceptors (Lipinski definition) is 7. The summed E-state index contributed by atoms with van der Waals surface area (Å²) in [6.07, 6.45) is 0.496. The molecule has 1 aromatic carbocycles. The Hall–Kier alpha value is -1.75. The van der Waals surface area contributed by atoms with Gasteiger partial charge in [0.2, 0.25) is 17.7 Å². The third-order valence-corrected chi connectivity index (χ3v) is 8.28. The van der Waals surface area contributed by atoms with E-state index in [0.29, 0.717) is 17.9 Å². The van der Waals surface area contributed by atoms with Crippen LogP contribution in [0.5, 0.6) is 0 Å². The molecule has 1 aliphatic rings. The van der Waals surface area contributed by atoms with Crippen molar-refractivity contribution in [2.45, 2.75) is 44.4 Å². The molecule has 0 aromatic heterocycles. The van der Waals surface area contributed by atoms with Crippen molar-refractivity contribution in [1.82, 2.24) is 20.4 Å². The van der Waals surface area contributed by atoms with Crippen LogP contribution in [0.4, 0.5) is 0 Å². The number of likely N-dealkylation sites (N-methyl/N-ethyl adjacent to an activating group) is 3. The molecule has 33 heavy (non-hydrogen) atoms. The van der Waals surface area contributed by atoms with E-state index in [1.54, 1.807) is 21.1 Å². The van der Waals surface area contributed by atoms with Gasteiger partial charge in [0, 0.05) is 25.6 Å². The molecule has 0 unspecified atom stereocenters. The number of nitrogens with one attached hydrogen (secondary N) is 2. The summed E-state index contributed by atoms with van der Waals surface area (Å²) in [6.45, 7) is 3.71. The van der Waals surface area contributed by atoms with Gasteiger partial charge in [-0.25, -0.2) is 0 Å². The highest BCUT2D eigenvalue weighted by atomic mass is 33.1. The molecule has 8 nitrogen and oxygen atoms in total. The van der Waals surface area contributed by atoms with Gasteiger partial charge < -0.3 is 25.5 Å². The van der Waals surface area contributed by atoms with Crippen molar-refractivity contribution in [3.8, 4) is 0 Å². The minimum atomic E-state index is -0.698. The summed E-state index contributed by atoms with van der Waals surface area (Å²) in [6, 6.07) is 7.43. The molecule has 1 aromatic rings. The molecular formula is C23H36N4O4S2. The van der Waals surface area contributed by atoms with Gasteiger partial charge in [0.05, 0.1) is 18.7 Å². The summed E-state index contributed by atoms with van der Waals surface area (Å²) in [5.41, 5.74) is 1.01. The zero-order chi connectivity index (χ0) is 24.5. The van der Waals surface area contributed by atoms with Crippen LogP contribution in [0.25, 0.3) is 0 Å². The van der Waals surface area contributed by atoms with Gasteiger partial charge in [-0.15, -0.1) is 0 Å². The van der Waals surface area contributed by atoms with Gasteiger partial charge in [-0.05, 0) is 24.9 Å². The number of amides is 3. The van der Waals surface area contributed by atoms with Gasteiger partial charge in [-0.1, -0.05) is 65.8 Å². The lowest BCUT2D eigenvalue weighted by atomic mass is 10.0. The van der Waals surface area contributed by atoms with Crippen molar-refractivity contribution in [2.75, 3.05) is 39.3 Å². The van der Waals surface area contributed by atoms with E-state index in [1.165, 1.54) is 31.4 Å². The second-order valence-corrected chi connectivity index (χ2v) is 11.1. The Morgan fingerprint density at radius 1 is 1.21 bits per heavy atom. The van der Waals surface area contributed by atoms with E-state index in [2.05, 4.69) is 10.6 Å². The van der Waals surface area contributed by atoms with Crippen LogP contribution in [0.3, 0.4) is 0 Å². The second kappa shape index (κ2) is 13.2. The number of hydrogen-bond donors (Lipinski definition) is 3. The summed E-state index contributed by atoms with van der Waals surface area (Å²) in [5.74, 6) is 0.241. The maximum atomic E-state index is 13.3. The van der Waals surface area contributed by atoms with Gasteiger partial charge in [0.25, 0.3) is 0 Å². The minimum Gasteiger partial charge on any atom is -0.394 e. The predicted octanol–water partition coefficient (Wildman–Crippen LogP) is 0.999. The SMILES string of the molecule is CN[C@H](C(=O)N(C)[C@@H]1CSSC[C@H](C(=O)N[C@H](CO)Cc2ccccc2)N(C)C1=O)C(C)C. The van der Waals surface area contributed by atoms with Crippen LogP contribution in [-0.2, 0) is 20.8 Å². The van der Waals surface area contributed by atoms with E-state index >= 15 is 0 Å². The molecular weight excluding hydrogens is 460 g/mol. The van der Waals surface area contributed by atoms with Gasteiger partial charge in [-0.2, -0.15) is 0 Å². The van der Waals surface area contributed by atoms with E-state index in [-0.39, 0.29) is 30.2 Å². The molecule has 0 bridgehead atoms. The van der Waals surface area contributed by atoms with Crippen LogP contribution in [0.1, 0.15) is 19.4 Å². The fourth-order valence-electron chi connectivity index (χ4n) is 3.80. The molecule has 10 heteroatoms.